The molecule has 2 aromatic rings. The van der Waals surface area contributed by atoms with E-state index >= 15 is 0 Å². The number of amides is 1. The average molecular weight is 325 g/mol. The third-order valence-corrected chi connectivity index (χ3v) is 4.21. The van der Waals surface area contributed by atoms with Gasteiger partial charge in [-0.1, -0.05) is 30.3 Å². The van der Waals surface area contributed by atoms with E-state index in [0.29, 0.717) is 12.6 Å². The maximum absolute atomic E-state index is 12.5. The van der Waals surface area contributed by atoms with Crippen molar-refractivity contribution in [3.05, 3.63) is 66.0 Å². The summed E-state index contributed by atoms with van der Waals surface area (Å²) in [5.74, 6) is 0.161. The SMILES string of the molecule is CC(C)N(CC(=O)N(C)CCc1ccncc1)Cc1ccccc1. The van der Waals surface area contributed by atoms with Crippen LogP contribution in [0.5, 0.6) is 0 Å². The van der Waals surface area contributed by atoms with Gasteiger partial charge in [0.1, 0.15) is 0 Å². The van der Waals surface area contributed by atoms with Crippen molar-refractivity contribution in [2.24, 2.45) is 0 Å². The van der Waals surface area contributed by atoms with Crippen LogP contribution in [0.1, 0.15) is 25.0 Å². The van der Waals surface area contributed by atoms with Crippen LogP contribution in [0.15, 0.2) is 54.9 Å². The van der Waals surface area contributed by atoms with Crippen LogP contribution in [0, 0.1) is 0 Å². The molecule has 4 nitrogen and oxygen atoms in total. The van der Waals surface area contributed by atoms with E-state index in [9.17, 15) is 4.79 Å². The fourth-order valence-electron chi connectivity index (χ4n) is 2.50. The highest BCUT2D eigenvalue weighted by molar-refractivity contribution is 5.78. The van der Waals surface area contributed by atoms with Gasteiger partial charge in [-0.2, -0.15) is 0 Å². The Morgan fingerprint density at radius 3 is 2.33 bits per heavy atom. The molecule has 0 aliphatic rings. The first-order valence-electron chi connectivity index (χ1n) is 8.47. The molecule has 0 spiro atoms. The fourth-order valence-corrected chi connectivity index (χ4v) is 2.50. The van der Waals surface area contributed by atoms with Crippen molar-refractivity contribution in [3.8, 4) is 0 Å². The zero-order chi connectivity index (χ0) is 17.4. The van der Waals surface area contributed by atoms with Crippen LogP contribution in [0.3, 0.4) is 0 Å². The van der Waals surface area contributed by atoms with E-state index in [1.807, 2.05) is 42.3 Å². The Balaban J connectivity index is 1.87. The van der Waals surface area contributed by atoms with E-state index in [1.165, 1.54) is 11.1 Å². The number of hydrogen-bond donors (Lipinski definition) is 0. The molecule has 0 aliphatic heterocycles. The van der Waals surface area contributed by atoms with Crippen LogP contribution in [-0.4, -0.2) is 46.9 Å². The molecule has 0 bridgehead atoms. The zero-order valence-electron chi connectivity index (χ0n) is 14.9. The normalized spacial score (nSPS) is 11.0. The maximum atomic E-state index is 12.5. The Morgan fingerprint density at radius 2 is 1.71 bits per heavy atom. The van der Waals surface area contributed by atoms with Gasteiger partial charge in [-0.05, 0) is 43.5 Å². The minimum Gasteiger partial charge on any atom is -0.344 e. The van der Waals surface area contributed by atoms with Crippen molar-refractivity contribution in [2.45, 2.75) is 32.9 Å². The number of rotatable bonds is 8. The summed E-state index contributed by atoms with van der Waals surface area (Å²) >= 11 is 0. The third kappa shape index (κ3) is 5.78. The Hall–Kier alpha value is -2.20. The van der Waals surface area contributed by atoms with E-state index < -0.39 is 0 Å². The molecule has 4 heteroatoms. The van der Waals surface area contributed by atoms with Gasteiger partial charge >= 0.3 is 0 Å². The van der Waals surface area contributed by atoms with Gasteiger partial charge in [0.2, 0.25) is 5.91 Å². The Bertz CT molecular complexity index is 613. The van der Waals surface area contributed by atoms with Crippen molar-refractivity contribution in [3.63, 3.8) is 0 Å². The second-order valence-electron chi connectivity index (χ2n) is 6.41. The molecule has 0 aliphatic carbocycles. The van der Waals surface area contributed by atoms with Crippen LogP contribution in [0.2, 0.25) is 0 Å². The number of nitrogens with zero attached hydrogens (tertiary/aromatic N) is 3. The van der Waals surface area contributed by atoms with Gasteiger partial charge in [0, 0.05) is 38.6 Å². The van der Waals surface area contributed by atoms with E-state index in [4.69, 9.17) is 0 Å². The van der Waals surface area contributed by atoms with Crippen molar-refractivity contribution >= 4 is 5.91 Å². The average Bonchev–Trinajstić information content (AvgIpc) is 2.60. The largest absolute Gasteiger partial charge is 0.344 e. The van der Waals surface area contributed by atoms with Crippen molar-refractivity contribution in [1.29, 1.82) is 0 Å². The number of carbonyl (C=O) groups is 1. The number of carbonyl (C=O) groups excluding carboxylic acids is 1. The zero-order valence-corrected chi connectivity index (χ0v) is 14.9. The number of benzene rings is 1. The first-order valence-corrected chi connectivity index (χ1v) is 8.47. The molecule has 0 unspecified atom stereocenters. The molecule has 1 heterocycles. The van der Waals surface area contributed by atoms with Gasteiger partial charge in [0.25, 0.3) is 0 Å². The lowest BCUT2D eigenvalue weighted by atomic mass is 10.2. The third-order valence-electron chi connectivity index (χ3n) is 4.21. The predicted octanol–water partition coefficient (Wildman–Crippen LogP) is 2.99. The van der Waals surface area contributed by atoms with E-state index in [-0.39, 0.29) is 5.91 Å². The lowest BCUT2D eigenvalue weighted by Gasteiger charge is -2.28. The smallest absolute Gasteiger partial charge is 0.236 e. The second kappa shape index (κ2) is 9.18. The van der Waals surface area contributed by atoms with Gasteiger partial charge in [0.15, 0.2) is 0 Å². The first-order chi connectivity index (χ1) is 11.6. The highest BCUT2D eigenvalue weighted by Gasteiger charge is 2.17. The van der Waals surface area contributed by atoms with Crippen molar-refractivity contribution < 1.29 is 4.79 Å². The number of aromatic nitrogens is 1. The van der Waals surface area contributed by atoms with Gasteiger partial charge in [-0.3, -0.25) is 14.7 Å². The van der Waals surface area contributed by atoms with E-state index in [0.717, 1.165) is 19.5 Å². The second-order valence-corrected chi connectivity index (χ2v) is 6.41. The minimum absolute atomic E-state index is 0.161. The van der Waals surface area contributed by atoms with Gasteiger partial charge in [-0.15, -0.1) is 0 Å². The lowest BCUT2D eigenvalue weighted by Crippen LogP contribution is -2.41. The van der Waals surface area contributed by atoms with Gasteiger partial charge < -0.3 is 4.90 Å². The lowest BCUT2D eigenvalue weighted by molar-refractivity contribution is -0.131. The molecule has 1 aromatic heterocycles. The summed E-state index contributed by atoms with van der Waals surface area (Å²) in [4.78, 5) is 20.6. The summed E-state index contributed by atoms with van der Waals surface area (Å²) in [6.45, 7) is 6.22. The first kappa shape index (κ1) is 18.1. The summed E-state index contributed by atoms with van der Waals surface area (Å²) in [6.07, 6.45) is 4.43. The minimum atomic E-state index is 0.161. The Labute approximate surface area is 145 Å². The van der Waals surface area contributed by atoms with Crippen LogP contribution < -0.4 is 0 Å². The summed E-state index contributed by atoms with van der Waals surface area (Å²) < 4.78 is 0. The van der Waals surface area contributed by atoms with E-state index in [1.54, 1.807) is 12.4 Å². The van der Waals surface area contributed by atoms with Crippen LogP contribution in [0.4, 0.5) is 0 Å². The molecule has 0 saturated heterocycles. The highest BCUT2D eigenvalue weighted by Crippen LogP contribution is 2.09. The summed E-state index contributed by atoms with van der Waals surface area (Å²) in [6, 6.07) is 14.6. The molecule has 128 valence electrons. The Morgan fingerprint density at radius 1 is 1.04 bits per heavy atom. The van der Waals surface area contributed by atoms with Gasteiger partial charge in [0.05, 0.1) is 6.54 Å². The summed E-state index contributed by atoms with van der Waals surface area (Å²) in [5.41, 5.74) is 2.44. The standard InChI is InChI=1S/C20H27N3O/c1-17(2)23(15-19-7-5-4-6-8-19)16-20(24)22(3)14-11-18-9-12-21-13-10-18/h4-10,12-13,17H,11,14-16H2,1-3H3. The quantitative estimate of drug-likeness (QED) is 0.748. The predicted molar refractivity (Wildman–Crippen MR) is 97.6 cm³/mol. The topological polar surface area (TPSA) is 36.4 Å². The molecule has 0 radical (unpaired) electrons. The maximum Gasteiger partial charge on any atom is 0.236 e. The molecule has 2 rings (SSSR count). The Kier molecular flexibility index (Phi) is 6.94. The number of pyridine rings is 1. The number of hydrogen-bond acceptors (Lipinski definition) is 3. The molecule has 1 amide bonds. The fraction of sp³-hybridized carbons (Fsp3) is 0.400. The van der Waals surface area contributed by atoms with Crippen LogP contribution >= 0.6 is 0 Å². The van der Waals surface area contributed by atoms with Gasteiger partial charge in [-0.25, -0.2) is 0 Å². The molecule has 0 saturated carbocycles. The number of likely N-dealkylation sites (N-methyl/N-ethyl adjacent to an activating group) is 1. The van der Waals surface area contributed by atoms with Crippen molar-refractivity contribution in [2.75, 3.05) is 20.1 Å². The molecule has 0 atom stereocenters. The van der Waals surface area contributed by atoms with Crippen molar-refractivity contribution in [1.82, 2.24) is 14.8 Å². The highest BCUT2D eigenvalue weighted by atomic mass is 16.2. The molecule has 24 heavy (non-hydrogen) atoms. The molecular formula is C20H27N3O. The summed E-state index contributed by atoms with van der Waals surface area (Å²) in [5, 5.41) is 0. The monoisotopic (exact) mass is 325 g/mol. The van der Waals surface area contributed by atoms with Crippen LogP contribution in [0.25, 0.3) is 0 Å². The molecular weight excluding hydrogens is 298 g/mol. The molecule has 0 fully saturated rings. The van der Waals surface area contributed by atoms with E-state index in [2.05, 4.69) is 35.9 Å². The van der Waals surface area contributed by atoms with Crippen LogP contribution in [-0.2, 0) is 17.8 Å². The summed E-state index contributed by atoms with van der Waals surface area (Å²) in [7, 11) is 1.88. The molecule has 1 aromatic carbocycles. The molecule has 0 N–H and O–H groups in total.